The number of aliphatic hydroxyl groups is 2. The minimum atomic E-state index is -0.942. The lowest BCUT2D eigenvalue weighted by Gasteiger charge is -2.36. The van der Waals surface area contributed by atoms with Gasteiger partial charge in [-0.1, -0.05) is 6.08 Å². The van der Waals surface area contributed by atoms with Crippen LogP contribution in [-0.2, 0) is 4.74 Å². The van der Waals surface area contributed by atoms with Gasteiger partial charge in [0.25, 0.3) is 0 Å². The van der Waals surface area contributed by atoms with E-state index in [2.05, 4.69) is 11.9 Å². The van der Waals surface area contributed by atoms with E-state index >= 15 is 0 Å². The number of carbonyl (C=O) groups excluding carboxylic acids is 1. The van der Waals surface area contributed by atoms with Crippen molar-refractivity contribution in [1.82, 2.24) is 10.2 Å². The first-order valence-corrected chi connectivity index (χ1v) is 6.13. The standard InChI is InChI=1S/C12H19N3O4/c1-2-3-12(13)4-5-15(11(18)14-12)10-6-8(17)9(7-16)19-10/h2,4-5,8-10,16-17H,1,3,6-7,13H2,(H,14,18)/t8-,9+,10+,12?/m0/s1. The van der Waals surface area contributed by atoms with Crippen molar-refractivity contribution in [2.24, 2.45) is 5.73 Å². The van der Waals surface area contributed by atoms with E-state index in [0.29, 0.717) is 6.42 Å². The highest BCUT2D eigenvalue weighted by molar-refractivity contribution is 5.78. The average molecular weight is 269 g/mol. The zero-order valence-corrected chi connectivity index (χ0v) is 10.5. The fraction of sp³-hybridized carbons (Fsp3) is 0.583. The third-order valence-corrected chi connectivity index (χ3v) is 3.28. The second-order valence-corrected chi connectivity index (χ2v) is 4.80. The molecule has 1 fully saturated rings. The minimum Gasteiger partial charge on any atom is -0.394 e. The average Bonchev–Trinajstić information content (AvgIpc) is 2.70. The highest BCUT2D eigenvalue weighted by Gasteiger charge is 2.40. The Kier molecular flexibility index (Phi) is 3.91. The topological polar surface area (TPSA) is 108 Å². The maximum atomic E-state index is 12.0. The van der Waals surface area contributed by atoms with Crippen molar-refractivity contribution in [3.63, 3.8) is 0 Å². The van der Waals surface area contributed by atoms with Gasteiger partial charge in [0.1, 0.15) is 18.0 Å². The Morgan fingerprint density at radius 1 is 1.74 bits per heavy atom. The van der Waals surface area contributed by atoms with Crippen LogP contribution in [0.1, 0.15) is 12.8 Å². The van der Waals surface area contributed by atoms with Gasteiger partial charge in [0.15, 0.2) is 0 Å². The summed E-state index contributed by atoms with van der Waals surface area (Å²) in [5.74, 6) is 0. The third kappa shape index (κ3) is 2.79. The molecule has 0 bridgehead atoms. The van der Waals surface area contributed by atoms with Gasteiger partial charge in [-0.05, 0) is 6.08 Å². The summed E-state index contributed by atoms with van der Waals surface area (Å²) in [7, 11) is 0. The lowest BCUT2D eigenvalue weighted by molar-refractivity contribution is -0.0548. The number of nitrogens with one attached hydrogen (secondary N) is 1. The molecule has 5 N–H and O–H groups in total. The van der Waals surface area contributed by atoms with Crippen LogP contribution in [0, 0.1) is 0 Å². The normalized spacial score (nSPS) is 38.4. The molecule has 0 aromatic rings. The van der Waals surface area contributed by atoms with Gasteiger partial charge >= 0.3 is 6.03 Å². The molecule has 0 saturated carbocycles. The van der Waals surface area contributed by atoms with Gasteiger partial charge in [-0.3, -0.25) is 4.90 Å². The molecule has 2 amide bonds. The van der Waals surface area contributed by atoms with Gasteiger partial charge in [0.2, 0.25) is 0 Å². The molecule has 2 aliphatic rings. The molecule has 7 heteroatoms. The molecule has 0 aromatic heterocycles. The zero-order chi connectivity index (χ0) is 14.0. The molecule has 0 aromatic carbocycles. The van der Waals surface area contributed by atoms with Gasteiger partial charge in [-0.25, -0.2) is 4.79 Å². The molecular formula is C12H19N3O4. The molecule has 0 spiro atoms. The van der Waals surface area contributed by atoms with Crippen LogP contribution in [0.3, 0.4) is 0 Å². The smallest absolute Gasteiger partial charge is 0.325 e. The van der Waals surface area contributed by atoms with Crippen LogP contribution in [0.15, 0.2) is 24.9 Å². The van der Waals surface area contributed by atoms with Crippen LogP contribution in [0.4, 0.5) is 4.79 Å². The van der Waals surface area contributed by atoms with Gasteiger partial charge in [0, 0.05) is 19.0 Å². The number of ether oxygens (including phenoxy) is 1. The van der Waals surface area contributed by atoms with Crippen molar-refractivity contribution >= 4 is 6.03 Å². The summed E-state index contributed by atoms with van der Waals surface area (Å²) >= 11 is 0. The first kappa shape index (κ1) is 14.0. The van der Waals surface area contributed by atoms with Crippen LogP contribution in [0.2, 0.25) is 0 Å². The van der Waals surface area contributed by atoms with Crippen molar-refractivity contribution < 1.29 is 19.7 Å². The van der Waals surface area contributed by atoms with Crippen molar-refractivity contribution in [2.45, 2.75) is 36.9 Å². The summed E-state index contributed by atoms with van der Waals surface area (Å²) in [6.07, 6.45) is 3.43. The van der Waals surface area contributed by atoms with Gasteiger partial charge in [-0.2, -0.15) is 0 Å². The second kappa shape index (κ2) is 5.30. The van der Waals surface area contributed by atoms with E-state index in [9.17, 15) is 9.90 Å². The summed E-state index contributed by atoms with van der Waals surface area (Å²) in [5.41, 5.74) is 5.01. The van der Waals surface area contributed by atoms with E-state index in [-0.39, 0.29) is 13.0 Å². The van der Waals surface area contributed by atoms with Crippen LogP contribution in [0.5, 0.6) is 0 Å². The number of hydrogen-bond acceptors (Lipinski definition) is 5. The summed E-state index contributed by atoms with van der Waals surface area (Å²) < 4.78 is 5.41. The Labute approximate surface area is 111 Å². The van der Waals surface area contributed by atoms with Crippen molar-refractivity contribution in [3.8, 4) is 0 Å². The maximum absolute atomic E-state index is 12.0. The molecule has 0 radical (unpaired) electrons. The lowest BCUT2D eigenvalue weighted by atomic mass is 10.1. The molecule has 19 heavy (non-hydrogen) atoms. The number of nitrogens with two attached hydrogens (primary N) is 1. The van der Waals surface area contributed by atoms with Crippen LogP contribution >= 0.6 is 0 Å². The van der Waals surface area contributed by atoms with Crippen molar-refractivity contribution in [2.75, 3.05) is 6.61 Å². The Morgan fingerprint density at radius 3 is 3.00 bits per heavy atom. The first-order valence-electron chi connectivity index (χ1n) is 6.13. The van der Waals surface area contributed by atoms with Crippen molar-refractivity contribution in [1.29, 1.82) is 0 Å². The molecule has 1 unspecified atom stereocenters. The lowest BCUT2D eigenvalue weighted by Crippen LogP contribution is -2.61. The fourth-order valence-electron chi connectivity index (χ4n) is 2.22. The van der Waals surface area contributed by atoms with Crippen molar-refractivity contribution in [3.05, 3.63) is 24.9 Å². The molecule has 106 valence electrons. The van der Waals surface area contributed by atoms with E-state index in [1.54, 1.807) is 18.4 Å². The van der Waals surface area contributed by atoms with E-state index in [4.69, 9.17) is 15.6 Å². The fourth-order valence-corrected chi connectivity index (χ4v) is 2.22. The Balaban J connectivity index is 2.07. The summed E-state index contributed by atoms with van der Waals surface area (Å²) in [4.78, 5) is 13.3. The predicted octanol–water partition coefficient (Wildman–Crippen LogP) is -0.775. The van der Waals surface area contributed by atoms with Gasteiger partial charge in [-0.15, -0.1) is 6.58 Å². The first-order chi connectivity index (χ1) is 8.99. The quantitative estimate of drug-likeness (QED) is 0.501. The predicted molar refractivity (Wildman–Crippen MR) is 67.6 cm³/mol. The van der Waals surface area contributed by atoms with E-state index in [0.717, 1.165) is 0 Å². The van der Waals surface area contributed by atoms with Gasteiger partial charge < -0.3 is 26.0 Å². The molecule has 0 aliphatic carbocycles. The maximum Gasteiger partial charge on any atom is 0.325 e. The SMILES string of the molecule is C=CCC1(N)C=CN([C@H]2C[C@H](O)[C@@H](CO)O2)C(=O)N1. The third-order valence-electron chi connectivity index (χ3n) is 3.28. The number of nitrogens with zero attached hydrogens (tertiary/aromatic N) is 1. The molecule has 2 heterocycles. The van der Waals surface area contributed by atoms with Crippen LogP contribution in [-0.4, -0.2) is 51.8 Å². The van der Waals surface area contributed by atoms with E-state index in [1.165, 1.54) is 4.90 Å². The number of aliphatic hydroxyl groups excluding tert-OH is 2. The number of hydrogen-bond donors (Lipinski definition) is 4. The van der Waals surface area contributed by atoms with E-state index < -0.39 is 30.1 Å². The molecule has 2 rings (SSSR count). The Morgan fingerprint density at radius 2 is 2.47 bits per heavy atom. The largest absolute Gasteiger partial charge is 0.394 e. The molecule has 4 atom stereocenters. The molecule has 7 nitrogen and oxygen atoms in total. The molecule has 1 saturated heterocycles. The van der Waals surface area contributed by atoms with Crippen LogP contribution in [0.25, 0.3) is 0 Å². The number of urea groups is 1. The Bertz CT molecular complexity index is 400. The minimum absolute atomic E-state index is 0.252. The summed E-state index contributed by atoms with van der Waals surface area (Å²) in [5, 5.41) is 21.3. The second-order valence-electron chi connectivity index (χ2n) is 4.80. The van der Waals surface area contributed by atoms with E-state index in [1.807, 2.05) is 0 Å². The number of carbonyl (C=O) groups is 1. The summed E-state index contributed by atoms with van der Waals surface area (Å²) in [6, 6.07) is -0.400. The summed E-state index contributed by atoms with van der Waals surface area (Å²) in [6.45, 7) is 3.30. The molecule has 2 aliphatic heterocycles. The van der Waals surface area contributed by atoms with Gasteiger partial charge in [0.05, 0.1) is 12.7 Å². The molecular weight excluding hydrogens is 250 g/mol. The van der Waals surface area contributed by atoms with Crippen LogP contribution < -0.4 is 11.1 Å². The zero-order valence-electron chi connectivity index (χ0n) is 10.5. The Hall–Kier alpha value is -1.41. The highest BCUT2D eigenvalue weighted by Crippen LogP contribution is 2.25. The number of rotatable bonds is 4. The number of amides is 2. The highest BCUT2D eigenvalue weighted by atomic mass is 16.5. The monoisotopic (exact) mass is 269 g/mol.